The Morgan fingerprint density at radius 1 is 1.55 bits per heavy atom. The van der Waals surface area contributed by atoms with Gasteiger partial charge in [0.05, 0.1) is 13.4 Å². The van der Waals surface area contributed by atoms with Crippen molar-refractivity contribution in [3.05, 3.63) is 36.1 Å². The highest BCUT2D eigenvalue weighted by atomic mass is 16.5. The van der Waals surface area contributed by atoms with E-state index in [1.165, 1.54) is 25.5 Å². The van der Waals surface area contributed by atoms with Crippen LogP contribution in [0.25, 0.3) is 6.08 Å². The van der Waals surface area contributed by atoms with Gasteiger partial charge in [0.15, 0.2) is 0 Å². The molecule has 104 valence electrons. The van der Waals surface area contributed by atoms with Crippen molar-refractivity contribution < 1.29 is 18.7 Å². The summed E-state index contributed by atoms with van der Waals surface area (Å²) >= 11 is 0. The Kier molecular flexibility index (Phi) is 4.28. The predicted octanol–water partition coefficient (Wildman–Crippen LogP) is 0.765. The van der Waals surface area contributed by atoms with Crippen LogP contribution in [0.5, 0.6) is 0 Å². The number of amides is 1. The third kappa shape index (κ3) is 3.80. The van der Waals surface area contributed by atoms with Crippen LogP contribution in [-0.2, 0) is 20.7 Å². The number of furan rings is 1. The van der Waals surface area contributed by atoms with Gasteiger partial charge in [0, 0.05) is 6.08 Å². The Morgan fingerprint density at radius 2 is 2.40 bits per heavy atom. The lowest BCUT2D eigenvalue weighted by Gasteiger charge is -1.94. The number of carbonyl (C=O) groups excluding carboxylic acids is 2. The van der Waals surface area contributed by atoms with Gasteiger partial charge >= 0.3 is 5.97 Å². The van der Waals surface area contributed by atoms with E-state index in [0.717, 1.165) is 0 Å². The van der Waals surface area contributed by atoms with Crippen LogP contribution in [0.4, 0.5) is 5.95 Å². The standard InChI is InChI=1S/C12H12N4O4/c1-19-11(18)7-9-13-12(16-15-9)14-10(17)5-4-8-3-2-6-20-8/h2-6H,7H2,1H3,(H2,13,14,15,16,17)/b5-4+. The van der Waals surface area contributed by atoms with Crippen molar-refractivity contribution >= 4 is 23.9 Å². The molecule has 0 saturated heterocycles. The van der Waals surface area contributed by atoms with Crippen molar-refractivity contribution in [1.29, 1.82) is 0 Å². The summed E-state index contributed by atoms with van der Waals surface area (Å²) in [6.45, 7) is 0. The van der Waals surface area contributed by atoms with Crippen LogP contribution < -0.4 is 5.32 Å². The number of rotatable bonds is 5. The van der Waals surface area contributed by atoms with Crippen LogP contribution in [0.1, 0.15) is 11.6 Å². The normalized spacial score (nSPS) is 10.7. The summed E-state index contributed by atoms with van der Waals surface area (Å²) < 4.78 is 9.53. The SMILES string of the molecule is COC(=O)Cc1nc(NC(=O)/C=C/c2ccco2)n[nH]1. The van der Waals surface area contributed by atoms with E-state index in [1.807, 2.05) is 0 Å². The summed E-state index contributed by atoms with van der Waals surface area (Å²) in [5.74, 6) is 0.0865. The third-order valence-corrected chi connectivity index (χ3v) is 2.25. The first-order valence-electron chi connectivity index (χ1n) is 5.68. The van der Waals surface area contributed by atoms with E-state index in [-0.39, 0.29) is 12.4 Å². The van der Waals surface area contributed by atoms with Gasteiger partial charge in [-0.15, -0.1) is 5.10 Å². The summed E-state index contributed by atoms with van der Waals surface area (Å²) in [6, 6.07) is 3.43. The summed E-state index contributed by atoms with van der Waals surface area (Å²) in [6.07, 6.45) is 4.26. The number of carbonyl (C=O) groups is 2. The lowest BCUT2D eigenvalue weighted by molar-refractivity contribution is -0.139. The molecule has 0 aliphatic heterocycles. The van der Waals surface area contributed by atoms with Crippen molar-refractivity contribution in [3.63, 3.8) is 0 Å². The molecule has 2 aromatic heterocycles. The van der Waals surface area contributed by atoms with Gasteiger partial charge in [-0.1, -0.05) is 0 Å². The first kappa shape index (κ1) is 13.5. The van der Waals surface area contributed by atoms with Gasteiger partial charge in [0.2, 0.25) is 5.95 Å². The van der Waals surface area contributed by atoms with E-state index >= 15 is 0 Å². The minimum Gasteiger partial charge on any atom is -0.469 e. The monoisotopic (exact) mass is 276 g/mol. The largest absolute Gasteiger partial charge is 0.469 e. The second kappa shape index (κ2) is 6.32. The molecule has 2 rings (SSSR count). The molecule has 8 nitrogen and oxygen atoms in total. The highest BCUT2D eigenvalue weighted by Crippen LogP contribution is 2.04. The van der Waals surface area contributed by atoms with Crippen molar-refractivity contribution in [3.8, 4) is 0 Å². The topological polar surface area (TPSA) is 110 Å². The lowest BCUT2D eigenvalue weighted by Crippen LogP contribution is -2.09. The fraction of sp³-hybridized carbons (Fsp3) is 0.167. The molecule has 0 bridgehead atoms. The highest BCUT2D eigenvalue weighted by molar-refractivity contribution is 6.00. The van der Waals surface area contributed by atoms with Gasteiger partial charge in [-0.05, 0) is 18.2 Å². The number of hydrogen-bond acceptors (Lipinski definition) is 6. The summed E-state index contributed by atoms with van der Waals surface area (Å²) in [4.78, 5) is 26.5. The Bertz CT molecular complexity index is 615. The smallest absolute Gasteiger partial charge is 0.313 e. The number of nitrogens with one attached hydrogen (secondary N) is 2. The molecule has 0 fully saturated rings. The maximum absolute atomic E-state index is 11.6. The van der Waals surface area contributed by atoms with Crippen LogP contribution in [0.2, 0.25) is 0 Å². The Hall–Kier alpha value is -2.90. The second-order valence-electron chi connectivity index (χ2n) is 3.70. The highest BCUT2D eigenvalue weighted by Gasteiger charge is 2.09. The molecule has 2 N–H and O–H groups in total. The first-order valence-corrected chi connectivity index (χ1v) is 5.68. The fourth-order valence-corrected chi connectivity index (χ4v) is 1.33. The zero-order valence-electron chi connectivity index (χ0n) is 10.6. The van der Waals surface area contributed by atoms with E-state index in [0.29, 0.717) is 11.6 Å². The van der Waals surface area contributed by atoms with Crippen molar-refractivity contribution in [2.24, 2.45) is 0 Å². The van der Waals surface area contributed by atoms with Gasteiger partial charge < -0.3 is 9.15 Å². The van der Waals surface area contributed by atoms with Gasteiger partial charge in [0.25, 0.3) is 5.91 Å². The number of anilines is 1. The fourth-order valence-electron chi connectivity index (χ4n) is 1.33. The van der Waals surface area contributed by atoms with Crippen LogP contribution in [0.3, 0.4) is 0 Å². The van der Waals surface area contributed by atoms with Crippen LogP contribution >= 0.6 is 0 Å². The van der Waals surface area contributed by atoms with Crippen LogP contribution in [0, 0.1) is 0 Å². The first-order chi connectivity index (χ1) is 9.67. The number of nitrogens with zero attached hydrogens (tertiary/aromatic N) is 2. The zero-order chi connectivity index (χ0) is 14.4. The molecule has 0 saturated carbocycles. The van der Waals surface area contributed by atoms with E-state index in [4.69, 9.17) is 4.42 Å². The summed E-state index contributed by atoms with van der Waals surface area (Å²) in [5.41, 5.74) is 0. The lowest BCUT2D eigenvalue weighted by atomic mass is 10.4. The summed E-state index contributed by atoms with van der Waals surface area (Å²) in [5, 5.41) is 8.73. The predicted molar refractivity (Wildman–Crippen MR) is 68.5 cm³/mol. The van der Waals surface area contributed by atoms with E-state index in [9.17, 15) is 9.59 Å². The van der Waals surface area contributed by atoms with E-state index < -0.39 is 11.9 Å². The van der Waals surface area contributed by atoms with Gasteiger partial charge in [-0.3, -0.25) is 20.0 Å². The van der Waals surface area contributed by atoms with Gasteiger partial charge in [0.1, 0.15) is 18.0 Å². The molecule has 0 aromatic carbocycles. The van der Waals surface area contributed by atoms with Crippen molar-refractivity contribution in [2.75, 3.05) is 12.4 Å². The van der Waals surface area contributed by atoms with Crippen LogP contribution in [0.15, 0.2) is 28.9 Å². The molecular weight excluding hydrogens is 264 g/mol. The second-order valence-corrected chi connectivity index (χ2v) is 3.70. The molecule has 2 heterocycles. The zero-order valence-corrected chi connectivity index (χ0v) is 10.6. The maximum atomic E-state index is 11.6. The Balaban J connectivity index is 1.90. The number of hydrogen-bond donors (Lipinski definition) is 2. The van der Waals surface area contributed by atoms with Gasteiger partial charge in [-0.25, -0.2) is 0 Å². The molecule has 0 spiro atoms. The summed E-state index contributed by atoms with van der Waals surface area (Å²) in [7, 11) is 1.28. The number of esters is 1. The van der Waals surface area contributed by atoms with Crippen LogP contribution in [-0.4, -0.2) is 34.2 Å². The molecule has 8 heteroatoms. The Labute approximate surface area is 113 Å². The molecule has 0 unspecified atom stereocenters. The average molecular weight is 276 g/mol. The molecule has 0 radical (unpaired) electrons. The number of aromatic nitrogens is 3. The molecule has 0 atom stereocenters. The molecule has 1 amide bonds. The average Bonchev–Trinajstić information content (AvgIpc) is 3.08. The van der Waals surface area contributed by atoms with Crippen molar-refractivity contribution in [2.45, 2.75) is 6.42 Å². The van der Waals surface area contributed by atoms with E-state index in [1.54, 1.807) is 12.1 Å². The minimum atomic E-state index is -0.447. The number of aromatic amines is 1. The van der Waals surface area contributed by atoms with E-state index in [2.05, 4.69) is 25.2 Å². The molecule has 2 aromatic rings. The molecular formula is C12H12N4O4. The minimum absolute atomic E-state index is 0.0401. The third-order valence-electron chi connectivity index (χ3n) is 2.25. The maximum Gasteiger partial charge on any atom is 0.313 e. The molecule has 20 heavy (non-hydrogen) atoms. The number of methoxy groups -OCH3 is 1. The van der Waals surface area contributed by atoms with Gasteiger partial charge in [-0.2, -0.15) is 4.98 Å². The quantitative estimate of drug-likeness (QED) is 0.616. The molecule has 0 aliphatic rings. The number of H-pyrrole nitrogens is 1. The van der Waals surface area contributed by atoms with Crippen molar-refractivity contribution in [1.82, 2.24) is 15.2 Å². The number of ether oxygens (including phenoxy) is 1. The Morgan fingerprint density at radius 3 is 3.10 bits per heavy atom. The molecule has 0 aliphatic carbocycles.